The van der Waals surface area contributed by atoms with Gasteiger partial charge < -0.3 is 10.6 Å². The van der Waals surface area contributed by atoms with Crippen molar-refractivity contribution in [3.63, 3.8) is 0 Å². The Hall–Kier alpha value is -2.08. The van der Waals surface area contributed by atoms with Gasteiger partial charge in [0.05, 0.1) is 6.54 Å². The van der Waals surface area contributed by atoms with Crippen LogP contribution in [0.4, 0.5) is 0 Å². The molecule has 1 aliphatic heterocycles. The minimum atomic E-state index is 0.322. The Labute approximate surface area is 152 Å². The molecule has 2 aliphatic rings. The topological polar surface area (TPSA) is 67.1 Å². The third-order valence-corrected chi connectivity index (χ3v) is 5.15. The van der Waals surface area contributed by atoms with Crippen LogP contribution in [-0.4, -0.2) is 39.9 Å². The lowest BCUT2D eigenvalue weighted by atomic mass is 10.1. The first-order valence-corrected chi connectivity index (χ1v) is 9.16. The molecule has 7 heteroatoms. The quantitative estimate of drug-likeness (QED) is 0.652. The number of aryl methyl sites for hydroxylation is 2. The van der Waals surface area contributed by atoms with E-state index in [1.165, 1.54) is 5.56 Å². The SMILES string of the molecule is CN=C(NC1CCc2nc(C)nn2C1)NC1CC1c1cccc(Cl)c1. The zero-order valence-corrected chi connectivity index (χ0v) is 15.3. The molecule has 3 unspecified atom stereocenters. The first kappa shape index (κ1) is 16.4. The summed E-state index contributed by atoms with van der Waals surface area (Å²) in [7, 11) is 1.82. The van der Waals surface area contributed by atoms with Crippen molar-refractivity contribution in [3.05, 3.63) is 46.5 Å². The highest BCUT2D eigenvalue weighted by molar-refractivity contribution is 6.30. The molecular formula is C18H23ClN6. The summed E-state index contributed by atoms with van der Waals surface area (Å²) in [6.07, 6.45) is 3.10. The van der Waals surface area contributed by atoms with Gasteiger partial charge in [0.25, 0.3) is 0 Å². The highest BCUT2D eigenvalue weighted by atomic mass is 35.5. The maximum atomic E-state index is 6.10. The molecule has 132 valence electrons. The molecule has 4 rings (SSSR count). The van der Waals surface area contributed by atoms with E-state index < -0.39 is 0 Å². The first-order valence-electron chi connectivity index (χ1n) is 8.78. The van der Waals surface area contributed by atoms with Gasteiger partial charge in [-0.15, -0.1) is 0 Å². The lowest BCUT2D eigenvalue weighted by Crippen LogP contribution is -2.47. The van der Waals surface area contributed by atoms with Crippen LogP contribution in [0.1, 0.15) is 36.0 Å². The summed E-state index contributed by atoms with van der Waals surface area (Å²) in [5.41, 5.74) is 1.29. The summed E-state index contributed by atoms with van der Waals surface area (Å²) in [4.78, 5) is 8.85. The summed E-state index contributed by atoms with van der Waals surface area (Å²) in [6, 6.07) is 8.86. The maximum Gasteiger partial charge on any atom is 0.191 e. The number of fused-ring (bicyclic) bond motifs is 1. The van der Waals surface area contributed by atoms with Crippen LogP contribution in [0.15, 0.2) is 29.3 Å². The Kier molecular flexibility index (Phi) is 4.37. The third-order valence-electron chi connectivity index (χ3n) is 4.92. The van der Waals surface area contributed by atoms with Gasteiger partial charge in [-0.2, -0.15) is 5.10 Å². The molecule has 0 amide bonds. The molecule has 3 atom stereocenters. The lowest BCUT2D eigenvalue weighted by molar-refractivity contribution is 0.392. The molecule has 1 fully saturated rings. The molecule has 0 spiro atoms. The van der Waals surface area contributed by atoms with Gasteiger partial charge in [-0.3, -0.25) is 4.99 Å². The standard InChI is InChI=1S/C18H23ClN6/c1-11-21-17-7-6-14(10-25(17)24-11)22-18(20-2)23-16-9-15(16)12-4-3-5-13(19)8-12/h3-5,8,14-16H,6-7,9-10H2,1-2H3,(H2,20,22,23). The fraction of sp³-hybridized carbons (Fsp3) is 0.500. The Morgan fingerprint density at radius 2 is 2.24 bits per heavy atom. The fourth-order valence-electron chi connectivity index (χ4n) is 3.55. The molecule has 6 nitrogen and oxygen atoms in total. The highest BCUT2D eigenvalue weighted by Crippen LogP contribution is 2.41. The van der Waals surface area contributed by atoms with E-state index in [-0.39, 0.29) is 0 Å². The zero-order valence-electron chi connectivity index (χ0n) is 14.5. The molecule has 0 bridgehead atoms. The molecule has 25 heavy (non-hydrogen) atoms. The number of halogens is 1. The Bertz CT molecular complexity index is 799. The number of aromatic nitrogens is 3. The van der Waals surface area contributed by atoms with Crippen molar-refractivity contribution < 1.29 is 0 Å². The van der Waals surface area contributed by atoms with Gasteiger partial charge in [-0.05, 0) is 37.5 Å². The predicted octanol–water partition coefficient (Wildman–Crippen LogP) is 2.28. The number of rotatable bonds is 3. The number of hydrogen-bond donors (Lipinski definition) is 2. The average Bonchev–Trinajstić information content (AvgIpc) is 3.26. The number of benzene rings is 1. The first-order chi connectivity index (χ1) is 12.1. The third kappa shape index (κ3) is 3.63. The van der Waals surface area contributed by atoms with Crippen molar-refractivity contribution in [2.45, 2.75) is 50.7 Å². The van der Waals surface area contributed by atoms with Crippen LogP contribution in [0, 0.1) is 6.92 Å². The minimum absolute atomic E-state index is 0.322. The second kappa shape index (κ2) is 6.67. The second-order valence-electron chi connectivity index (χ2n) is 6.86. The molecule has 1 aromatic carbocycles. The van der Waals surface area contributed by atoms with Crippen LogP contribution in [-0.2, 0) is 13.0 Å². The van der Waals surface area contributed by atoms with E-state index >= 15 is 0 Å². The molecule has 2 heterocycles. The second-order valence-corrected chi connectivity index (χ2v) is 7.29. The fourth-order valence-corrected chi connectivity index (χ4v) is 3.75. The van der Waals surface area contributed by atoms with Gasteiger partial charge in [0.15, 0.2) is 5.96 Å². The van der Waals surface area contributed by atoms with Gasteiger partial charge in [0.1, 0.15) is 11.6 Å². The van der Waals surface area contributed by atoms with Gasteiger partial charge >= 0.3 is 0 Å². The Morgan fingerprint density at radius 1 is 1.36 bits per heavy atom. The number of aliphatic imine (C=N–C) groups is 1. The van der Waals surface area contributed by atoms with Crippen LogP contribution in [0.5, 0.6) is 0 Å². The number of nitrogens with zero attached hydrogens (tertiary/aromatic N) is 4. The van der Waals surface area contributed by atoms with E-state index in [4.69, 9.17) is 11.6 Å². The van der Waals surface area contributed by atoms with E-state index in [2.05, 4.69) is 37.8 Å². The van der Waals surface area contributed by atoms with E-state index in [0.717, 1.165) is 48.4 Å². The molecule has 2 aromatic rings. The highest BCUT2D eigenvalue weighted by Gasteiger charge is 2.39. The van der Waals surface area contributed by atoms with Crippen LogP contribution in [0.25, 0.3) is 0 Å². The van der Waals surface area contributed by atoms with Gasteiger partial charge in [-0.25, -0.2) is 9.67 Å². The van der Waals surface area contributed by atoms with E-state index in [1.807, 2.05) is 30.8 Å². The summed E-state index contributed by atoms with van der Waals surface area (Å²) >= 11 is 6.10. The summed E-state index contributed by atoms with van der Waals surface area (Å²) in [5.74, 6) is 3.30. The summed E-state index contributed by atoms with van der Waals surface area (Å²) in [6.45, 7) is 2.77. The van der Waals surface area contributed by atoms with Crippen molar-refractivity contribution in [3.8, 4) is 0 Å². The van der Waals surface area contributed by atoms with E-state index in [0.29, 0.717) is 18.0 Å². The molecule has 0 saturated heterocycles. The zero-order chi connectivity index (χ0) is 17.4. The lowest BCUT2D eigenvalue weighted by Gasteiger charge is -2.25. The molecule has 1 aliphatic carbocycles. The normalized spacial score (nSPS) is 25.4. The minimum Gasteiger partial charge on any atom is -0.353 e. The smallest absolute Gasteiger partial charge is 0.191 e. The van der Waals surface area contributed by atoms with Crippen molar-refractivity contribution >= 4 is 17.6 Å². The van der Waals surface area contributed by atoms with Gasteiger partial charge in [-0.1, -0.05) is 23.7 Å². The Morgan fingerprint density at radius 3 is 3.04 bits per heavy atom. The average molecular weight is 359 g/mol. The number of guanidine groups is 1. The van der Waals surface area contributed by atoms with Crippen molar-refractivity contribution in [2.75, 3.05) is 7.05 Å². The molecule has 2 N–H and O–H groups in total. The largest absolute Gasteiger partial charge is 0.353 e. The summed E-state index contributed by atoms with van der Waals surface area (Å²) in [5, 5.41) is 12.3. The van der Waals surface area contributed by atoms with Crippen molar-refractivity contribution in [2.24, 2.45) is 4.99 Å². The van der Waals surface area contributed by atoms with Crippen molar-refractivity contribution in [1.82, 2.24) is 25.4 Å². The predicted molar refractivity (Wildman–Crippen MR) is 99.1 cm³/mol. The molecule has 1 aromatic heterocycles. The van der Waals surface area contributed by atoms with Crippen LogP contribution in [0.3, 0.4) is 0 Å². The molecule has 0 radical (unpaired) electrons. The van der Waals surface area contributed by atoms with Crippen LogP contribution < -0.4 is 10.6 Å². The molecule has 1 saturated carbocycles. The van der Waals surface area contributed by atoms with E-state index in [1.54, 1.807) is 0 Å². The van der Waals surface area contributed by atoms with Gasteiger partial charge in [0.2, 0.25) is 0 Å². The van der Waals surface area contributed by atoms with Crippen LogP contribution >= 0.6 is 11.6 Å². The van der Waals surface area contributed by atoms with Crippen LogP contribution in [0.2, 0.25) is 5.02 Å². The Balaban J connectivity index is 1.34. The monoisotopic (exact) mass is 358 g/mol. The maximum absolute atomic E-state index is 6.10. The van der Waals surface area contributed by atoms with E-state index in [9.17, 15) is 0 Å². The summed E-state index contributed by atoms with van der Waals surface area (Å²) < 4.78 is 2.01. The number of hydrogen-bond acceptors (Lipinski definition) is 3. The number of nitrogens with one attached hydrogen (secondary N) is 2. The van der Waals surface area contributed by atoms with Crippen molar-refractivity contribution in [1.29, 1.82) is 0 Å². The molecular weight excluding hydrogens is 336 g/mol. The van der Waals surface area contributed by atoms with Gasteiger partial charge in [0, 0.05) is 36.5 Å².